The highest BCUT2D eigenvalue weighted by Gasteiger charge is 2.17. The van der Waals surface area contributed by atoms with E-state index in [1.54, 1.807) is 11.8 Å². The summed E-state index contributed by atoms with van der Waals surface area (Å²) >= 11 is 1.60. The van der Waals surface area contributed by atoms with Crippen LogP contribution in [0.2, 0.25) is 0 Å². The molecule has 0 spiro atoms. The highest BCUT2D eigenvalue weighted by molar-refractivity contribution is 8.00. The third-order valence-electron chi connectivity index (χ3n) is 2.19. The van der Waals surface area contributed by atoms with Crippen LogP contribution in [-0.4, -0.2) is 29.0 Å². The Labute approximate surface area is 91.2 Å². The van der Waals surface area contributed by atoms with Crippen molar-refractivity contribution in [2.45, 2.75) is 44.9 Å². The van der Waals surface area contributed by atoms with Gasteiger partial charge in [0, 0.05) is 17.3 Å². The summed E-state index contributed by atoms with van der Waals surface area (Å²) in [6.45, 7) is 8.78. The van der Waals surface area contributed by atoms with Crippen molar-refractivity contribution in [3.63, 3.8) is 0 Å². The normalized spacial score (nSPS) is 13.8. The number of hydrogen-bond acceptors (Lipinski definition) is 3. The lowest BCUT2D eigenvalue weighted by Crippen LogP contribution is -2.43. The number of thioether (sulfide) groups is 1. The molecule has 1 unspecified atom stereocenters. The van der Waals surface area contributed by atoms with Crippen molar-refractivity contribution >= 4 is 17.7 Å². The monoisotopic (exact) mass is 218 g/mol. The summed E-state index contributed by atoms with van der Waals surface area (Å²) in [6, 6.07) is 0. The van der Waals surface area contributed by atoms with Gasteiger partial charge in [-0.05, 0) is 20.3 Å². The van der Waals surface area contributed by atoms with Crippen molar-refractivity contribution in [2.24, 2.45) is 5.73 Å². The average Bonchev–Trinajstić information content (AvgIpc) is 2.13. The summed E-state index contributed by atoms with van der Waals surface area (Å²) in [5, 5.41) is 3.34. The zero-order valence-electron chi connectivity index (χ0n) is 9.59. The third-order valence-corrected chi connectivity index (χ3v) is 3.38. The van der Waals surface area contributed by atoms with Crippen LogP contribution in [0.5, 0.6) is 0 Å². The van der Waals surface area contributed by atoms with Crippen LogP contribution in [0, 0.1) is 0 Å². The minimum atomic E-state index is -0.0937. The van der Waals surface area contributed by atoms with Crippen LogP contribution in [-0.2, 0) is 4.79 Å². The van der Waals surface area contributed by atoms with E-state index >= 15 is 0 Å². The maximum Gasteiger partial charge on any atom is 0.230 e. The topological polar surface area (TPSA) is 55.1 Å². The molecule has 1 amide bonds. The van der Waals surface area contributed by atoms with Gasteiger partial charge in [-0.2, -0.15) is 0 Å². The lowest BCUT2D eigenvalue weighted by atomic mass is 10.0. The molecule has 84 valence electrons. The molecular formula is C10H22N2OS. The Kier molecular flexibility index (Phi) is 6.20. The standard InChI is InChI=1S/C10H22N2OS/c1-5-10(3,4)12-9(13)7-14-8(2)6-11/h8H,5-7,11H2,1-4H3,(H,12,13). The van der Waals surface area contributed by atoms with Crippen molar-refractivity contribution in [1.82, 2.24) is 5.32 Å². The van der Waals surface area contributed by atoms with E-state index in [1.807, 2.05) is 20.8 Å². The Morgan fingerprint density at radius 1 is 1.57 bits per heavy atom. The molecule has 0 aromatic carbocycles. The van der Waals surface area contributed by atoms with E-state index in [0.29, 0.717) is 17.5 Å². The first-order valence-corrected chi connectivity index (χ1v) is 6.09. The molecule has 4 heteroatoms. The second-order valence-electron chi connectivity index (χ2n) is 4.14. The Hall–Kier alpha value is -0.220. The van der Waals surface area contributed by atoms with Crippen LogP contribution in [0.25, 0.3) is 0 Å². The first kappa shape index (κ1) is 13.8. The molecule has 0 aliphatic rings. The van der Waals surface area contributed by atoms with E-state index in [2.05, 4.69) is 12.2 Å². The molecule has 0 fully saturated rings. The first-order chi connectivity index (χ1) is 6.41. The third kappa shape index (κ3) is 6.27. The van der Waals surface area contributed by atoms with Gasteiger partial charge >= 0.3 is 0 Å². The van der Waals surface area contributed by atoms with Crippen molar-refractivity contribution in [3.05, 3.63) is 0 Å². The fourth-order valence-electron chi connectivity index (χ4n) is 0.788. The summed E-state index contributed by atoms with van der Waals surface area (Å²) in [5.41, 5.74) is 5.37. The summed E-state index contributed by atoms with van der Waals surface area (Å²) in [7, 11) is 0. The fourth-order valence-corrected chi connectivity index (χ4v) is 1.43. The largest absolute Gasteiger partial charge is 0.351 e. The first-order valence-electron chi connectivity index (χ1n) is 5.04. The van der Waals surface area contributed by atoms with Crippen molar-refractivity contribution in [2.75, 3.05) is 12.3 Å². The van der Waals surface area contributed by atoms with E-state index in [-0.39, 0.29) is 11.4 Å². The van der Waals surface area contributed by atoms with Crippen LogP contribution < -0.4 is 11.1 Å². The molecule has 0 bridgehead atoms. The van der Waals surface area contributed by atoms with Crippen LogP contribution >= 0.6 is 11.8 Å². The maximum absolute atomic E-state index is 11.5. The van der Waals surface area contributed by atoms with Crippen LogP contribution in [0.3, 0.4) is 0 Å². The lowest BCUT2D eigenvalue weighted by molar-refractivity contribution is -0.120. The molecule has 0 aliphatic carbocycles. The molecule has 14 heavy (non-hydrogen) atoms. The maximum atomic E-state index is 11.5. The Bertz CT molecular complexity index is 183. The second kappa shape index (κ2) is 6.30. The van der Waals surface area contributed by atoms with Crippen LogP contribution in [0.15, 0.2) is 0 Å². The zero-order chi connectivity index (χ0) is 11.2. The summed E-state index contributed by atoms with van der Waals surface area (Å²) in [4.78, 5) is 11.5. The van der Waals surface area contributed by atoms with E-state index in [4.69, 9.17) is 5.73 Å². The number of nitrogens with one attached hydrogen (secondary N) is 1. The molecule has 0 aromatic heterocycles. The molecule has 3 nitrogen and oxygen atoms in total. The summed E-state index contributed by atoms with van der Waals surface area (Å²) < 4.78 is 0. The van der Waals surface area contributed by atoms with Gasteiger partial charge in [0.2, 0.25) is 5.91 Å². The molecule has 0 saturated heterocycles. The van der Waals surface area contributed by atoms with Gasteiger partial charge < -0.3 is 11.1 Å². The van der Waals surface area contributed by atoms with Gasteiger partial charge in [0.15, 0.2) is 0 Å². The summed E-state index contributed by atoms with van der Waals surface area (Å²) in [6.07, 6.45) is 0.940. The smallest absolute Gasteiger partial charge is 0.230 e. The van der Waals surface area contributed by atoms with E-state index < -0.39 is 0 Å². The molecule has 0 aromatic rings. The van der Waals surface area contributed by atoms with Crippen molar-refractivity contribution in [1.29, 1.82) is 0 Å². The number of hydrogen-bond donors (Lipinski definition) is 2. The van der Waals surface area contributed by atoms with Gasteiger partial charge in [-0.15, -0.1) is 11.8 Å². The lowest BCUT2D eigenvalue weighted by Gasteiger charge is -2.24. The van der Waals surface area contributed by atoms with Crippen LogP contribution in [0.4, 0.5) is 0 Å². The van der Waals surface area contributed by atoms with Gasteiger partial charge in [-0.1, -0.05) is 13.8 Å². The zero-order valence-corrected chi connectivity index (χ0v) is 10.4. The Morgan fingerprint density at radius 3 is 2.57 bits per heavy atom. The number of carbonyl (C=O) groups excluding carboxylic acids is 1. The van der Waals surface area contributed by atoms with E-state index in [0.717, 1.165) is 6.42 Å². The summed E-state index contributed by atoms with van der Waals surface area (Å²) in [5.74, 6) is 0.601. The van der Waals surface area contributed by atoms with Gasteiger partial charge in [0.25, 0.3) is 0 Å². The highest BCUT2D eigenvalue weighted by Crippen LogP contribution is 2.11. The minimum absolute atomic E-state index is 0.0937. The molecule has 0 radical (unpaired) electrons. The van der Waals surface area contributed by atoms with Crippen molar-refractivity contribution < 1.29 is 4.79 Å². The van der Waals surface area contributed by atoms with Crippen LogP contribution in [0.1, 0.15) is 34.1 Å². The number of carbonyl (C=O) groups is 1. The van der Waals surface area contributed by atoms with Gasteiger partial charge in [-0.25, -0.2) is 0 Å². The predicted octanol–water partition coefficient (Wildman–Crippen LogP) is 1.37. The number of rotatable bonds is 6. The number of nitrogens with two attached hydrogens (primary N) is 1. The van der Waals surface area contributed by atoms with Gasteiger partial charge in [-0.3, -0.25) is 4.79 Å². The van der Waals surface area contributed by atoms with E-state index in [1.165, 1.54) is 0 Å². The molecule has 0 saturated carbocycles. The predicted molar refractivity (Wildman–Crippen MR) is 63.5 cm³/mol. The number of amides is 1. The second-order valence-corrected chi connectivity index (χ2v) is 5.57. The minimum Gasteiger partial charge on any atom is -0.351 e. The Balaban J connectivity index is 3.76. The SMILES string of the molecule is CCC(C)(C)NC(=O)CSC(C)CN. The quantitative estimate of drug-likeness (QED) is 0.708. The van der Waals surface area contributed by atoms with Gasteiger partial charge in [0.05, 0.1) is 5.75 Å². The molecule has 0 aliphatic heterocycles. The van der Waals surface area contributed by atoms with Gasteiger partial charge in [0.1, 0.15) is 0 Å². The molecule has 1 atom stereocenters. The fraction of sp³-hybridized carbons (Fsp3) is 0.900. The molecule has 0 rings (SSSR count). The average molecular weight is 218 g/mol. The Morgan fingerprint density at radius 2 is 2.14 bits per heavy atom. The highest BCUT2D eigenvalue weighted by atomic mass is 32.2. The van der Waals surface area contributed by atoms with Crippen molar-refractivity contribution in [3.8, 4) is 0 Å². The van der Waals surface area contributed by atoms with E-state index in [9.17, 15) is 4.79 Å². The molecule has 3 N–H and O–H groups in total. The molecular weight excluding hydrogens is 196 g/mol. The molecule has 0 heterocycles.